The van der Waals surface area contributed by atoms with Gasteiger partial charge in [-0.25, -0.2) is 25.2 Å². The summed E-state index contributed by atoms with van der Waals surface area (Å²) in [5, 5.41) is 25.3. The number of aryl methyl sites for hydroxylation is 1. The molecule has 0 spiro atoms. The first-order valence-corrected chi connectivity index (χ1v) is 24.2. The fourth-order valence-corrected chi connectivity index (χ4v) is 9.57. The fraction of sp³-hybridized carbons (Fsp3) is 0.214. The third kappa shape index (κ3) is 11.7. The first-order chi connectivity index (χ1) is 26.9. The van der Waals surface area contributed by atoms with Gasteiger partial charge in [0.2, 0.25) is 0 Å². The zero-order chi connectivity index (χ0) is 44.5. The average Bonchev–Trinajstić information content (AvgIpc) is 3.08. The van der Waals surface area contributed by atoms with Crippen LogP contribution in [-0.4, -0.2) is 106 Å². The Morgan fingerprint density at radius 1 is 0.627 bits per heavy atom. The highest BCUT2D eigenvalue weighted by Gasteiger charge is 2.29. The minimum absolute atomic E-state index is 0.0390. The van der Waals surface area contributed by atoms with Crippen LogP contribution in [0.3, 0.4) is 0 Å². The third-order valence-electron chi connectivity index (χ3n) is 7.57. The predicted molar refractivity (Wildman–Crippen MR) is 201 cm³/mol. The number of hydrogen-bond acceptors (Lipinski definition) is 21. The maximum atomic E-state index is 12.9. The summed E-state index contributed by atoms with van der Waals surface area (Å²) >= 11 is 0. The van der Waals surface area contributed by atoms with Crippen molar-refractivity contribution in [3.63, 3.8) is 0 Å². The van der Waals surface area contributed by atoms with E-state index in [0.29, 0.717) is 12.1 Å². The zero-order valence-electron chi connectivity index (χ0n) is 29.6. The van der Waals surface area contributed by atoms with Gasteiger partial charge in [-0.1, -0.05) is 0 Å². The topological polar surface area (TPSA) is 409 Å². The smallest absolute Gasteiger partial charge is 0.397 e. The summed E-state index contributed by atoms with van der Waals surface area (Å²) in [7, 11) is -27.9. The quantitative estimate of drug-likeness (QED) is 0.0503. The second-order valence-corrected chi connectivity index (χ2v) is 20.7. The van der Waals surface area contributed by atoms with Gasteiger partial charge in [0.15, 0.2) is 25.4 Å². The van der Waals surface area contributed by atoms with Crippen molar-refractivity contribution < 1.29 is 86.9 Å². The molecule has 0 saturated heterocycles. The number of sulfone groups is 2. The molecule has 25 nitrogen and oxygen atoms in total. The number of methoxy groups -OCH3 is 1. The van der Waals surface area contributed by atoms with E-state index >= 15 is 0 Å². The van der Waals surface area contributed by atoms with Crippen molar-refractivity contribution in [3.8, 4) is 11.5 Å². The standard InChI is InChI=1S/C28H29N5O20S6/c1-15-11-19(20(51-2)14-21(15)55(37,38)10-8-53-59(48,49)50)31-33-27-23(57(42,43)44)13-16-12-22(56(39,40)41)26(25(29)24(16)28(27)34)32-30-17-3-5-18(6-4-17)54(35,36)9-7-52-58(45,46)47/h3-6,11-14,34H,7-10,29H2,1-2H3,(H,39,40,41)(H,42,43,44)(H,45,46,47)(H,48,49,50)/b32-30+,33-31+. The number of ether oxygens (including phenoxy) is 1. The minimum atomic E-state index is -5.34. The van der Waals surface area contributed by atoms with Crippen LogP contribution >= 0.6 is 0 Å². The number of nitrogen functional groups attached to an aromatic ring is 1. The number of nitrogens with zero attached hydrogens (tertiary/aromatic N) is 4. The first-order valence-electron chi connectivity index (χ1n) is 15.3. The monoisotopic (exact) mass is 947 g/mol. The van der Waals surface area contributed by atoms with Crippen molar-refractivity contribution in [1.29, 1.82) is 0 Å². The lowest BCUT2D eigenvalue weighted by molar-refractivity contribution is 0.282. The second kappa shape index (κ2) is 17.1. The molecule has 0 radical (unpaired) electrons. The Kier molecular flexibility index (Phi) is 13.6. The number of nitrogens with two attached hydrogens (primary N) is 1. The molecule has 0 atom stereocenters. The van der Waals surface area contributed by atoms with Gasteiger partial charge in [-0.05, 0) is 60.3 Å². The number of hydrogen-bond donors (Lipinski definition) is 6. The van der Waals surface area contributed by atoms with Crippen LogP contribution in [0.4, 0.5) is 28.4 Å². The van der Waals surface area contributed by atoms with E-state index in [0.717, 1.165) is 43.5 Å². The normalized spacial score (nSPS) is 13.5. The van der Waals surface area contributed by atoms with E-state index in [1.165, 1.54) is 6.92 Å². The van der Waals surface area contributed by atoms with Crippen molar-refractivity contribution in [1.82, 2.24) is 0 Å². The number of phenols is 1. The van der Waals surface area contributed by atoms with Crippen molar-refractivity contribution in [2.24, 2.45) is 20.5 Å². The van der Waals surface area contributed by atoms with Gasteiger partial charge in [0.25, 0.3) is 20.2 Å². The molecular weight excluding hydrogens is 919 g/mol. The van der Waals surface area contributed by atoms with E-state index in [4.69, 9.17) is 19.6 Å². The highest BCUT2D eigenvalue weighted by molar-refractivity contribution is 7.92. The maximum Gasteiger partial charge on any atom is 0.397 e. The van der Waals surface area contributed by atoms with Gasteiger partial charge in [0.05, 0.1) is 58.4 Å². The van der Waals surface area contributed by atoms with Crippen LogP contribution in [0, 0.1) is 6.92 Å². The van der Waals surface area contributed by atoms with E-state index < -0.39 is 134 Å². The Morgan fingerprint density at radius 2 is 1.12 bits per heavy atom. The lowest BCUT2D eigenvalue weighted by Crippen LogP contribution is -2.16. The van der Waals surface area contributed by atoms with E-state index in [1.807, 2.05) is 0 Å². The molecule has 4 rings (SSSR count). The number of azo groups is 2. The minimum Gasteiger partial charge on any atom is -0.505 e. The summed E-state index contributed by atoms with van der Waals surface area (Å²) in [4.78, 5) is -3.03. The van der Waals surface area contributed by atoms with Crippen LogP contribution in [0.1, 0.15) is 5.56 Å². The van der Waals surface area contributed by atoms with Crippen molar-refractivity contribution in [2.75, 3.05) is 37.6 Å². The maximum absolute atomic E-state index is 12.9. The molecule has 0 unspecified atom stereocenters. The second-order valence-electron chi connectivity index (χ2n) is 11.6. The average molecular weight is 948 g/mol. The molecule has 0 heterocycles. The molecule has 0 aliphatic carbocycles. The van der Waals surface area contributed by atoms with Gasteiger partial charge in [-0.2, -0.15) is 38.8 Å². The molecular formula is C28H29N5O20S6. The Balaban J connectivity index is 1.83. The lowest BCUT2D eigenvalue weighted by atomic mass is 10.1. The summed E-state index contributed by atoms with van der Waals surface area (Å²) in [5.74, 6) is -3.26. The fourth-order valence-electron chi connectivity index (χ4n) is 4.99. The van der Waals surface area contributed by atoms with Crippen LogP contribution in [0.2, 0.25) is 0 Å². The summed E-state index contributed by atoms with van der Waals surface area (Å²) in [6.07, 6.45) is 0. The van der Waals surface area contributed by atoms with Crippen molar-refractivity contribution in [3.05, 3.63) is 54.1 Å². The molecule has 0 fully saturated rings. The summed E-state index contributed by atoms with van der Waals surface area (Å²) in [6, 6.07) is 7.36. The molecule has 322 valence electrons. The SMILES string of the molecule is COc1cc(S(=O)(=O)CCOS(=O)(=O)O)c(C)cc1/N=N/c1c(S(=O)(=O)O)cc2cc(S(=O)(=O)O)c(/N=N/c3ccc(S(=O)(=O)CCOS(=O)(=O)O)cc3)c(N)c2c1O. The Bertz CT molecular complexity index is 3080. The van der Waals surface area contributed by atoms with Gasteiger partial charge < -0.3 is 15.6 Å². The van der Waals surface area contributed by atoms with Crippen LogP contribution in [-0.2, 0) is 69.1 Å². The number of benzene rings is 4. The largest absolute Gasteiger partial charge is 0.505 e. The highest BCUT2D eigenvalue weighted by Crippen LogP contribution is 2.48. The highest BCUT2D eigenvalue weighted by atomic mass is 32.3. The molecule has 0 aliphatic rings. The number of rotatable bonds is 17. The Labute approximate surface area is 335 Å². The molecule has 0 amide bonds. The van der Waals surface area contributed by atoms with Crippen LogP contribution in [0.25, 0.3) is 10.8 Å². The molecule has 7 N–H and O–H groups in total. The van der Waals surface area contributed by atoms with E-state index in [9.17, 15) is 64.7 Å². The first kappa shape index (κ1) is 46.9. The number of anilines is 1. The Hall–Kier alpha value is -4.80. The summed E-state index contributed by atoms with van der Waals surface area (Å²) in [5.41, 5.74) is 3.09. The number of fused-ring (bicyclic) bond motifs is 1. The van der Waals surface area contributed by atoms with Gasteiger partial charge in [-0.15, -0.1) is 15.3 Å². The molecule has 4 aromatic rings. The van der Waals surface area contributed by atoms with Crippen LogP contribution in [0.15, 0.2) is 88.6 Å². The van der Waals surface area contributed by atoms with Gasteiger partial charge >= 0.3 is 20.8 Å². The molecule has 0 saturated carbocycles. The summed E-state index contributed by atoms with van der Waals surface area (Å²) < 4.78 is 194. The molecule has 31 heteroatoms. The molecule has 59 heavy (non-hydrogen) atoms. The third-order valence-corrected chi connectivity index (χ3v) is 13.7. The number of phenolic OH excluding ortho intramolecular Hbond substituents is 1. The van der Waals surface area contributed by atoms with Crippen molar-refractivity contribution >= 4 is 99.9 Å². The number of aromatic hydroxyl groups is 1. The Morgan fingerprint density at radius 3 is 1.61 bits per heavy atom. The predicted octanol–water partition coefficient (Wildman–Crippen LogP) is 2.96. The molecule has 0 bridgehead atoms. The van der Waals surface area contributed by atoms with E-state index in [-0.39, 0.29) is 27.6 Å². The van der Waals surface area contributed by atoms with Gasteiger partial charge in [0.1, 0.15) is 32.6 Å². The lowest BCUT2D eigenvalue weighted by Gasteiger charge is -2.14. The van der Waals surface area contributed by atoms with Crippen LogP contribution < -0.4 is 10.5 Å². The van der Waals surface area contributed by atoms with Crippen molar-refractivity contribution in [2.45, 2.75) is 26.5 Å². The van der Waals surface area contributed by atoms with Gasteiger partial charge in [0, 0.05) is 6.07 Å². The van der Waals surface area contributed by atoms with Gasteiger partial charge in [-0.3, -0.25) is 18.2 Å². The van der Waals surface area contributed by atoms with Crippen LogP contribution in [0.5, 0.6) is 11.5 Å². The van der Waals surface area contributed by atoms with E-state index in [1.54, 1.807) is 0 Å². The zero-order valence-corrected chi connectivity index (χ0v) is 34.5. The summed E-state index contributed by atoms with van der Waals surface area (Å²) in [6.45, 7) is -0.595. The molecule has 0 aromatic heterocycles. The molecule has 0 aliphatic heterocycles. The molecule has 4 aromatic carbocycles. The van der Waals surface area contributed by atoms with E-state index in [2.05, 4.69) is 28.8 Å².